The Morgan fingerprint density at radius 3 is 2.93 bits per heavy atom. The summed E-state index contributed by atoms with van der Waals surface area (Å²) in [6.45, 7) is 5.49. The standard InChI is InChI=1S/C19H25N5O2S/c1-3-5-6-9-17(25)24-12-7-8-14(24)15-10-11-16(27-15)18(26)21-19-20-13-23(4-2)22-19/h5-6,10-11,13-14H,3-4,7-9,12H2,1-2H3,(H,21,22,26)/b6-5+/t14-/m0/s1. The molecule has 7 nitrogen and oxygen atoms in total. The lowest BCUT2D eigenvalue weighted by atomic mass is 10.2. The number of nitrogens with zero attached hydrogens (tertiary/aromatic N) is 4. The minimum atomic E-state index is -0.221. The molecule has 2 aromatic heterocycles. The molecule has 1 atom stereocenters. The average molecular weight is 388 g/mol. The first-order valence-corrected chi connectivity index (χ1v) is 10.2. The van der Waals surface area contributed by atoms with Crippen molar-refractivity contribution in [2.24, 2.45) is 0 Å². The largest absolute Gasteiger partial charge is 0.335 e. The molecule has 1 aliphatic rings. The van der Waals surface area contributed by atoms with Gasteiger partial charge in [0.2, 0.25) is 11.9 Å². The molecule has 1 N–H and O–H groups in total. The summed E-state index contributed by atoms with van der Waals surface area (Å²) in [7, 11) is 0. The molecule has 0 unspecified atom stereocenters. The summed E-state index contributed by atoms with van der Waals surface area (Å²) in [6, 6.07) is 3.83. The van der Waals surface area contributed by atoms with Crippen LogP contribution in [0.1, 0.15) is 60.1 Å². The van der Waals surface area contributed by atoms with E-state index in [1.807, 2.05) is 36.1 Å². The number of allylic oxidation sites excluding steroid dienone is 1. The zero-order valence-corrected chi connectivity index (χ0v) is 16.5. The van der Waals surface area contributed by atoms with E-state index in [2.05, 4.69) is 22.3 Å². The summed E-state index contributed by atoms with van der Waals surface area (Å²) in [4.78, 5) is 32.6. The molecule has 2 amide bonds. The van der Waals surface area contributed by atoms with Crippen LogP contribution < -0.4 is 5.32 Å². The van der Waals surface area contributed by atoms with Gasteiger partial charge in [-0.05, 0) is 38.3 Å². The van der Waals surface area contributed by atoms with Gasteiger partial charge >= 0.3 is 0 Å². The third-order valence-corrected chi connectivity index (χ3v) is 5.72. The molecule has 0 aliphatic carbocycles. The Hall–Kier alpha value is -2.48. The van der Waals surface area contributed by atoms with Gasteiger partial charge in [-0.1, -0.05) is 19.1 Å². The quantitative estimate of drug-likeness (QED) is 0.736. The van der Waals surface area contributed by atoms with Gasteiger partial charge in [-0.2, -0.15) is 0 Å². The van der Waals surface area contributed by atoms with Gasteiger partial charge in [-0.3, -0.25) is 19.6 Å². The monoisotopic (exact) mass is 387 g/mol. The fourth-order valence-corrected chi connectivity index (χ4v) is 4.20. The van der Waals surface area contributed by atoms with E-state index < -0.39 is 0 Å². The summed E-state index contributed by atoms with van der Waals surface area (Å²) in [5.41, 5.74) is 0. The van der Waals surface area contributed by atoms with Gasteiger partial charge in [0.15, 0.2) is 0 Å². The first-order valence-electron chi connectivity index (χ1n) is 9.37. The molecule has 1 aliphatic heterocycles. The number of thiophene rings is 1. The van der Waals surface area contributed by atoms with Crippen LogP contribution in [0.15, 0.2) is 30.6 Å². The molecule has 8 heteroatoms. The number of likely N-dealkylation sites (tertiary alicyclic amines) is 1. The van der Waals surface area contributed by atoms with Crippen molar-refractivity contribution in [1.29, 1.82) is 0 Å². The van der Waals surface area contributed by atoms with Crippen molar-refractivity contribution >= 4 is 29.1 Å². The van der Waals surface area contributed by atoms with E-state index in [1.165, 1.54) is 11.3 Å². The molecule has 0 saturated carbocycles. The number of hydrogen-bond donors (Lipinski definition) is 1. The van der Waals surface area contributed by atoms with Gasteiger partial charge in [-0.25, -0.2) is 4.98 Å². The highest BCUT2D eigenvalue weighted by Crippen LogP contribution is 2.36. The minimum Gasteiger partial charge on any atom is -0.335 e. The van der Waals surface area contributed by atoms with E-state index in [9.17, 15) is 9.59 Å². The minimum absolute atomic E-state index is 0.0662. The highest BCUT2D eigenvalue weighted by atomic mass is 32.1. The molecule has 0 radical (unpaired) electrons. The van der Waals surface area contributed by atoms with Gasteiger partial charge in [0, 0.05) is 24.4 Å². The van der Waals surface area contributed by atoms with E-state index in [0.717, 1.165) is 30.7 Å². The fourth-order valence-electron chi connectivity index (χ4n) is 3.15. The highest BCUT2D eigenvalue weighted by molar-refractivity contribution is 7.14. The van der Waals surface area contributed by atoms with Gasteiger partial charge in [-0.15, -0.1) is 16.4 Å². The molecular formula is C19H25N5O2S. The number of nitrogens with one attached hydrogen (secondary N) is 1. The lowest BCUT2D eigenvalue weighted by molar-refractivity contribution is -0.131. The van der Waals surface area contributed by atoms with Crippen LogP contribution in [-0.4, -0.2) is 38.0 Å². The molecule has 1 saturated heterocycles. The molecule has 2 aromatic rings. The van der Waals surface area contributed by atoms with E-state index >= 15 is 0 Å². The fraction of sp³-hybridized carbons (Fsp3) is 0.474. The third kappa shape index (κ3) is 4.63. The van der Waals surface area contributed by atoms with Crippen LogP contribution in [0.5, 0.6) is 0 Å². The summed E-state index contributed by atoms with van der Waals surface area (Å²) in [5, 5.41) is 6.89. The van der Waals surface area contributed by atoms with Crippen molar-refractivity contribution < 1.29 is 9.59 Å². The molecule has 27 heavy (non-hydrogen) atoms. The summed E-state index contributed by atoms with van der Waals surface area (Å²) < 4.78 is 1.66. The number of carbonyl (C=O) groups is 2. The van der Waals surface area contributed by atoms with E-state index in [0.29, 0.717) is 23.8 Å². The van der Waals surface area contributed by atoms with Crippen molar-refractivity contribution in [3.63, 3.8) is 0 Å². The highest BCUT2D eigenvalue weighted by Gasteiger charge is 2.30. The van der Waals surface area contributed by atoms with E-state index in [1.54, 1.807) is 11.0 Å². The number of anilines is 1. The van der Waals surface area contributed by atoms with Crippen molar-refractivity contribution in [3.8, 4) is 0 Å². The maximum Gasteiger partial charge on any atom is 0.268 e. The number of aryl methyl sites for hydroxylation is 1. The van der Waals surface area contributed by atoms with Crippen molar-refractivity contribution in [2.75, 3.05) is 11.9 Å². The second kappa shape index (κ2) is 8.94. The molecule has 1 fully saturated rings. The Kier molecular flexibility index (Phi) is 6.39. The zero-order valence-electron chi connectivity index (χ0n) is 15.7. The molecular weight excluding hydrogens is 362 g/mol. The molecule has 0 spiro atoms. The number of rotatable bonds is 7. The number of hydrogen-bond acceptors (Lipinski definition) is 5. The van der Waals surface area contributed by atoms with Crippen LogP contribution in [0.2, 0.25) is 0 Å². The maximum absolute atomic E-state index is 12.5. The average Bonchev–Trinajstić information content (AvgIpc) is 3.40. The van der Waals surface area contributed by atoms with E-state index in [4.69, 9.17) is 0 Å². The first-order chi connectivity index (χ1) is 13.1. The molecule has 3 heterocycles. The molecule has 0 aromatic carbocycles. The zero-order chi connectivity index (χ0) is 19.2. The smallest absolute Gasteiger partial charge is 0.268 e. The van der Waals surface area contributed by atoms with Gasteiger partial charge in [0.25, 0.3) is 5.91 Å². The van der Waals surface area contributed by atoms with Crippen molar-refractivity contribution in [3.05, 3.63) is 40.4 Å². The Balaban J connectivity index is 1.65. The predicted molar refractivity (Wildman–Crippen MR) is 106 cm³/mol. The van der Waals surface area contributed by atoms with Crippen LogP contribution >= 0.6 is 11.3 Å². The van der Waals surface area contributed by atoms with Gasteiger partial charge in [0.1, 0.15) is 6.33 Å². The van der Waals surface area contributed by atoms with Crippen molar-refractivity contribution in [1.82, 2.24) is 19.7 Å². The van der Waals surface area contributed by atoms with Crippen molar-refractivity contribution in [2.45, 2.75) is 52.1 Å². The SMILES string of the molecule is CC/C=C/CC(=O)N1CCC[C@H]1c1ccc(C(=O)Nc2ncn(CC)n2)s1. The lowest BCUT2D eigenvalue weighted by Crippen LogP contribution is -2.29. The maximum atomic E-state index is 12.5. The third-order valence-electron chi connectivity index (χ3n) is 4.53. The number of aromatic nitrogens is 3. The predicted octanol–water partition coefficient (Wildman–Crippen LogP) is 3.63. The molecule has 144 valence electrons. The summed E-state index contributed by atoms with van der Waals surface area (Å²) >= 11 is 1.43. The Morgan fingerprint density at radius 2 is 2.19 bits per heavy atom. The lowest BCUT2D eigenvalue weighted by Gasteiger charge is -2.23. The van der Waals surface area contributed by atoms with Gasteiger partial charge in [0.05, 0.1) is 10.9 Å². The van der Waals surface area contributed by atoms with Crippen LogP contribution in [0.4, 0.5) is 5.95 Å². The number of amides is 2. The molecule has 3 rings (SSSR count). The van der Waals surface area contributed by atoms with Crippen LogP contribution in [0.25, 0.3) is 0 Å². The second-order valence-corrected chi connectivity index (χ2v) is 7.52. The van der Waals surface area contributed by atoms with Crippen LogP contribution in [-0.2, 0) is 11.3 Å². The number of carbonyl (C=O) groups excluding carboxylic acids is 2. The first kappa shape index (κ1) is 19.3. The second-order valence-electron chi connectivity index (χ2n) is 6.41. The van der Waals surface area contributed by atoms with Crippen LogP contribution in [0.3, 0.4) is 0 Å². The Bertz CT molecular complexity index is 826. The summed E-state index contributed by atoms with van der Waals surface area (Å²) in [6.07, 6.45) is 8.85. The molecule has 0 bridgehead atoms. The summed E-state index contributed by atoms with van der Waals surface area (Å²) in [5.74, 6) is 0.231. The topological polar surface area (TPSA) is 80.1 Å². The Morgan fingerprint density at radius 1 is 1.33 bits per heavy atom. The normalized spacial score (nSPS) is 17.0. The van der Waals surface area contributed by atoms with E-state index in [-0.39, 0.29) is 17.9 Å². The Labute approximate surface area is 163 Å². The van der Waals surface area contributed by atoms with Gasteiger partial charge < -0.3 is 4.90 Å². The van der Waals surface area contributed by atoms with Crippen LogP contribution in [0, 0.1) is 0 Å².